The summed E-state index contributed by atoms with van der Waals surface area (Å²) in [5.74, 6) is 0.679. The van der Waals surface area contributed by atoms with Crippen molar-refractivity contribution in [1.82, 2.24) is 4.98 Å². The lowest BCUT2D eigenvalue weighted by Crippen LogP contribution is -2.39. The predicted molar refractivity (Wildman–Crippen MR) is 72.7 cm³/mol. The van der Waals surface area contributed by atoms with Crippen LogP contribution in [0.2, 0.25) is 10.0 Å². The summed E-state index contributed by atoms with van der Waals surface area (Å²) in [5, 5.41) is 4.44. The van der Waals surface area contributed by atoms with E-state index in [0.29, 0.717) is 15.9 Å². The van der Waals surface area contributed by atoms with Gasteiger partial charge in [0.2, 0.25) is 0 Å². The fraction of sp³-hybridized carbons (Fsp3) is 0.583. The monoisotopic (exact) mass is 273 g/mol. The number of halogens is 2. The first-order valence-electron chi connectivity index (χ1n) is 6.00. The van der Waals surface area contributed by atoms with Gasteiger partial charge in [0, 0.05) is 18.3 Å². The molecule has 3 nitrogen and oxygen atoms in total. The normalized spacial score (nSPS) is 25.4. The molecule has 1 aromatic rings. The van der Waals surface area contributed by atoms with Crippen LogP contribution >= 0.6 is 23.2 Å². The van der Waals surface area contributed by atoms with Crippen LogP contribution in [0.15, 0.2) is 12.3 Å². The standard InChI is InChI=1S/C12H17Cl2N3/c13-8-6-9(14)12(16-7-8)17-11-5-3-1-2-4-10(11)15/h6-7,10-11H,1-5,15H2,(H,16,17). The minimum absolute atomic E-state index is 0.172. The van der Waals surface area contributed by atoms with Crippen LogP contribution in [0.1, 0.15) is 32.1 Å². The van der Waals surface area contributed by atoms with Crippen LogP contribution in [-0.2, 0) is 0 Å². The van der Waals surface area contributed by atoms with Crippen LogP contribution in [0.3, 0.4) is 0 Å². The third kappa shape index (κ3) is 3.47. The molecular formula is C12H17Cl2N3. The second kappa shape index (κ2) is 5.89. The molecule has 0 aromatic carbocycles. The zero-order valence-electron chi connectivity index (χ0n) is 9.63. The van der Waals surface area contributed by atoms with Gasteiger partial charge in [0.1, 0.15) is 5.82 Å². The van der Waals surface area contributed by atoms with Gasteiger partial charge in [-0.2, -0.15) is 0 Å². The topological polar surface area (TPSA) is 50.9 Å². The van der Waals surface area contributed by atoms with Crippen molar-refractivity contribution in [3.63, 3.8) is 0 Å². The van der Waals surface area contributed by atoms with Gasteiger partial charge < -0.3 is 11.1 Å². The van der Waals surface area contributed by atoms with Crippen molar-refractivity contribution in [2.75, 3.05) is 5.32 Å². The largest absolute Gasteiger partial charge is 0.365 e. The van der Waals surface area contributed by atoms with Crippen LogP contribution in [-0.4, -0.2) is 17.1 Å². The van der Waals surface area contributed by atoms with Crippen LogP contribution in [0.4, 0.5) is 5.82 Å². The molecule has 1 heterocycles. The molecule has 0 saturated heterocycles. The zero-order chi connectivity index (χ0) is 12.3. The summed E-state index contributed by atoms with van der Waals surface area (Å²) in [4.78, 5) is 4.21. The Labute approximate surface area is 112 Å². The fourth-order valence-corrected chi connectivity index (χ4v) is 2.65. The SMILES string of the molecule is NC1CCCCCC1Nc1ncc(Cl)cc1Cl. The number of hydrogen-bond acceptors (Lipinski definition) is 3. The summed E-state index contributed by atoms with van der Waals surface area (Å²) in [6, 6.07) is 2.12. The number of anilines is 1. The van der Waals surface area contributed by atoms with E-state index in [4.69, 9.17) is 28.9 Å². The summed E-state index contributed by atoms with van der Waals surface area (Å²) in [5.41, 5.74) is 6.15. The molecule has 17 heavy (non-hydrogen) atoms. The Morgan fingerprint density at radius 3 is 2.76 bits per heavy atom. The zero-order valence-corrected chi connectivity index (χ0v) is 11.1. The molecule has 0 amide bonds. The third-order valence-corrected chi connectivity index (χ3v) is 3.69. The molecule has 2 atom stereocenters. The Kier molecular flexibility index (Phi) is 4.48. The summed E-state index contributed by atoms with van der Waals surface area (Å²) >= 11 is 11.9. The Morgan fingerprint density at radius 1 is 1.24 bits per heavy atom. The molecule has 1 saturated carbocycles. The predicted octanol–water partition coefficient (Wildman–Crippen LogP) is 3.46. The first-order valence-corrected chi connectivity index (χ1v) is 6.75. The van der Waals surface area contributed by atoms with Crippen LogP contribution in [0.5, 0.6) is 0 Å². The van der Waals surface area contributed by atoms with Crippen LogP contribution < -0.4 is 11.1 Å². The molecule has 1 aliphatic rings. The Bertz CT molecular complexity index is 384. The van der Waals surface area contributed by atoms with Crippen LogP contribution in [0, 0.1) is 0 Å². The van der Waals surface area contributed by atoms with Crippen molar-refractivity contribution >= 4 is 29.0 Å². The Balaban J connectivity index is 2.08. The molecule has 1 aromatic heterocycles. The van der Waals surface area contributed by atoms with Crippen molar-refractivity contribution in [3.8, 4) is 0 Å². The summed E-state index contributed by atoms with van der Waals surface area (Å²) < 4.78 is 0. The van der Waals surface area contributed by atoms with E-state index in [0.717, 1.165) is 12.8 Å². The Hall–Kier alpha value is -0.510. The van der Waals surface area contributed by atoms with Gasteiger partial charge in [-0.3, -0.25) is 0 Å². The lowest BCUT2D eigenvalue weighted by atomic mass is 10.0. The van der Waals surface area contributed by atoms with Crippen molar-refractivity contribution in [3.05, 3.63) is 22.3 Å². The lowest BCUT2D eigenvalue weighted by molar-refractivity contribution is 0.527. The van der Waals surface area contributed by atoms with Gasteiger partial charge in [-0.05, 0) is 18.9 Å². The van der Waals surface area contributed by atoms with E-state index in [1.54, 1.807) is 12.3 Å². The van der Waals surface area contributed by atoms with Gasteiger partial charge in [-0.1, -0.05) is 42.5 Å². The van der Waals surface area contributed by atoms with Gasteiger partial charge >= 0.3 is 0 Å². The van der Waals surface area contributed by atoms with Gasteiger partial charge in [0.25, 0.3) is 0 Å². The maximum absolute atomic E-state index is 6.15. The number of pyridine rings is 1. The number of aromatic nitrogens is 1. The second-order valence-corrected chi connectivity index (χ2v) is 5.38. The van der Waals surface area contributed by atoms with Gasteiger partial charge in [0.05, 0.1) is 10.0 Å². The average molecular weight is 274 g/mol. The molecule has 0 bridgehead atoms. The molecule has 1 fully saturated rings. The third-order valence-electron chi connectivity index (χ3n) is 3.20. The smallest absolute Gasteiger partial charge is 0.145 e. The minimum Gasteiger partial charge on any atom is -0.365 e. The molecule has 1 aliphatic carbocycles. The van der Waals surface area contributed by atoms with E-state index in [1.807, 2.05) is 0 Å². The van der Waals surface area contributed by atoms with Gasteiger partial charge in [-0.15, -0.1) is 0 Å². The Morgan fingerprint density at radius 2 is 2.00 bits per heavy atom. The highest BCUT2D eigenvalue weighted by atomic mass is 35.5. The molecule has 0 spiro atoms. The van der Waals surface area contributed by atoms with E-state index in [2.05, 4.69) is 10.3 Å². The average Bonchev–Trinajstić information content (AvgIpc) is 2.48. The van der Waals surface area contributed by atoms with E-state index in [9.17, 15) is 0 Å². The summed E-state index contributed by atoms with van der Waals surface area (Å²) in [6.45, 7) is 0. The highest BCUT2D eigenvalue weighted by molar-refractivity contribution is 6.35. The highest BCUT2D eigenvalue weighted by Crippen LogP contribution is 2.26. The maximum atomic E-state index is 6.15. The summed E-state index contributed by atoms with van der Waals surface area (Å²) in [6.07, 6.45) is 7.40. The lowest BCUT2D eigenvalue weighted by Gasteiger charge is -2.23. The summed E-state index contributed by atoms with van der Waals surface area (Å²) in [7, 11) is 0. The first kappa shape index (κ1) is 12.9. The quantitative estimate of drug-likeness (QED) is 0.812. The first-order chi connectivity index (χ1) is 8.16. The molecular weight excluding hydrogens is 257 g/mol. The second-order valence-electron chi connectivity index (χ2n) is 4.54. The van der Waals surface area contributed by atoms with Gasteiger partial charge in [-0.25, -0.2) is 4.98 Å². The number of nitrogens with one attached hydrogen (secondary N) is 1. The van der Waals surface area contributed by atoms with Crippen molar-refractivity contribution in [1.29, 1.82) is 0 Å². The maximum Gasteiger partial charge on any atom is 0.145 e. The van der Waals surface area contributed by atoms with Crippen molar-refractivity contribution in [2.45, 2.75) is 44.2 Å². The van der Waals surface area contributed by atoms with E-state index < -0.39 is 0 Å². The molecule has 3 N–H and O–H groups in total. The molecule has 0 radical (unpaired) electrons. The molecule has 0 aliphatic heterocycles. The highest BCUT2D eigenvalue weighted by Gasteiger charge is 2.21. The van der Waals surface area contributed by atoms with E-state index >= 15 is 0 Å². The van der Waals surface area contributed by atoms with E-state index in [1.165, 1.54) is 19.3 Å². The fourth-order valence-electron chi connectivity index (χ4n) is 2.21. The number of nitrogens with zero attached hydrogens (tertiary/aromatic N) is 1. The molecule has 2 unspecified atom stereocenters. The number of rotatable bonds is 2. The number of hydrogen-bond donors (Lipinski definition) is 2. The molecule has 94 valence electrons. The van der Waals surface area contributed by atoms with E-state index in [-0.39, 0.29) is 12.1 Å². The molecule has 2 rings (SSSR count). The van der Waals surface area contributed by atoms with Crippen molar-refractivity contribution in [2.24, 2.45) is 5.73 Å². The van der Waals surface area contributed by atoms with Gasteiger partial charge in [0.15, 0.2) is 0 Å². The van der Waals surface area contributed by atoms with Crippen LogP contribution in [0.25, 0.3) is 0 Å². The number of nitrogens with two attached hydrogens (primary N) is 1. The minimum atomic E-state index is 0.172. The van der Waals surface area contributed by atoms with Crippen molar-refractivity contribution < 1.29 is 0 Å². The molecule has 5 heteroatoms.